The van der Waals surface area contributed by atoms with E-state index >= 15 is 0 Å². The highest BCUT2D eigenvalue weighted by atomic mass is 16.3. The van der Waals surface area contributed by atoms with Gasteiger partial charge in [0.25, 0.3) is 0 Å². The first-order chi connectivity index (χ1) is 7.65. The van der Waals surface area contributed by atoms with Crippen LogP contribution in [0.15, 0.2) is 22.9 Å². The van der Waals surface area contributed by atoms with Crippen molar-refractivity contribution < 1.29 is 4.42 Å². The fourth-order valence-electron chi connectivity index (χ4n) is 2.19. The number of hydrogen-bond acceptors (Lipinski definition) is 2. The van der Waals surface area contributed by atoms with E-state index in [0.717, 1.165) is 17.5 Å². The van der Waals surface area contributed by atoms with Crippen LogP contribution in [0.4, 0.5) is 0 Å². The van der Waals surface area contributed by atoms with E-state index in [2.05, 4.69) is 38.7 Å². The van der Waals surface area contributed by atoms with Gasteiger partial charge < -0.3 is 4.42 Å². The van der Waals surface area contributed by atoms with Crippen LogP contribution in [0.1, 0.15) is 57.1 Å². The third-order valence-electron chi connectivity index (χ3n) is 3.30. The number of benzene rings is 1. The van der Waals surface area contributed by atoms with Crippen molar-refractivity contribution in [2.24, 2.45) is 0 Å². The van der Waals surface area contributed by atoms with Crippen LogP contribution in [-0.2, 0) is 0 Å². The van der Waals surface area contributed by atoms with Gasteiger partial charge >= 0.3 is 0 Å². The molecule has 0 saturated carbocycles. The number of fused-ring (bicyclic) bond motifs is 1. The molecule has 0 aliphatic rings. The van der Waals surface area contributed by atoms with Crippen LogP contribution in [0.3, 0.4) is 0 Å². The number of oxazole rings is 1. The summed E-state index contributed by atoms with van der Waals surface area (Å²) in [7, 11) is 0. The number of hydrogen-bond donors (Lipinski definition) is 0. The second-order valence-corrected chi connectivity index (χ2v) is 4.73. The Morgan fingerprint density at radius 2 is 2.00 bits per heavy atom. The van der Waals surface area contributed by atoms with E-state index in [1.165, 1.54) is 11.1 Å². The third-order valence-corrected chi connectivity index (χ3v) is 3.30. The van der Waals surface area contributed by atoms with Crippen LogP contribution in [-0.4, -0.2) is 4.98 Å². The highest BCUT2D eigenvalue weighted by Crippen LogP contribution is 2.33. The fourth-order valence-corrected chi connectivity index (χ4v) is 2.19. The van der Waals surface area contributed by atoms with Gasteiger partial charge in [-0.3, -0.25) is 0 Å². The highest BCUT2D eigenvalue weighted by molar-refractivity contribution is 5.78. The average molecular weight is 217 g/mol. The van der Waals surface area contributed by atoms with Gasteiger partial charge in [-0.15, -0.1) is 0 Å². The third kappa shape index (κ3) is 1.73. The first kappa shape index (κ1) is 11.2. The van der Waals surface area contributed by atoms with Crippen molar-refractivity contribution in [1.82, 2.24) is 4.98 Å². The molecule has 1 aromatic carbocycles. The molecule has 0 spiro atoms. The molecule has 0 aliphatic heterocycles. The van der Waals surface area contributed by atoms with Crippen LogP contribution >= 0.6 is 0 Å². The molecule has 2 nitrogen and oxygen atoms in total. The average Bonchev–Trinajstić information content (AvgIpc) is 2.74. The van der Waals surface area contributed by atoms with Crippen molar-refractivity contribution in [3.63, 3.8) is 0 Å². The molecule has 0 radical (unpaired) electrons. The smallest absolute Gasteiger partial charge is 0.181 e. The van der Waals surface area contributed by atoms with E-state index in [1.54, 1.807) is 6.39 Å². The molecule has 0 fully saturated rings. The maximum atomic E-state index is 5.38. The summed E-state index contributed by atoms with van der Waals surface area (Å²) in [6, 6.07) is 4.21. The number of nitrogens with zero attached hydrogens (tertiary/aromatic N) is 1. The lowest BCUT2D eigenvalue weighted by molar-refractivity contribution is 0.602. The van der Waals surface area contributed by atoms with Gasteiger partial charge in [0, 0.05) is 0 Å². The predicted octanol–water partition coefficient (Wildman–Crippen LogP) is 4.46. The molecular formula is C14H19NO. The zero-order valence-corrected chi connectivity index (χ0v) is 10.4. The second kappa shape index (κ2) is 4.28. The summed E-state index contributed by atoms with van der Waals surface area (Å²) in [5, 5.41) is 0. The van der Waals surface area contributed by atoms with Gasteiger partial charge in [-0.05, 0) is 35.4 Å². The Morgan fingerprint density at radius 3 is 2.62 bits per heavy atom. The molecule has 0 N–H and O–H groups in total. The van der Waals surface area contributed by atoms with Crippen molar-refractivity contribution in [3.05, 3.63) is 29.7 Å². The Kier molecular flexibility index (Phi) is 2.99. The van der Waals surface area contributed by atoms with Crippen LogP contribution < -0.4 is 0 Å². The van der Waals surface area contributed by atoms with Gasteiger partial charge in [0.15, 0.2) is 12.0 Å². The van der Waals surface area contributed by atoms with Gasteiger partial charge in [0.1, 0.15) is 5.52 Å². The van der Waals surface area contributed by atoms with E-state index in [0.29, 0.717) is 11.8 Å². The van der Waals surface area contributed by atoms with Gasteiger partial charge in [-0.1, -0.05) is 33.8 Å². The summed E-state index contributed by atoms with van der Waals surface area (Å²) >= 11 is 0. The zero-order valence-electron chi connectivity index (χ0n) is 10.4. The number of rotatable bonds is 3. The fraction of sp³-hybridized carbons (Fsp3) is 0.500. The van der Waals surface area contributed by atoms with Crippen LogP contribution in [0, 0.1) is 0 Å². The van der Waals surface area contributed by atoms with Crippen molar-refractivity contribution in [1.29, 1.82) is 0 Å². The molecule has 2 heteroatoms. The Balaban J connectivity index is 2.70. The molecule has 2 aromatic rings. The summed E-state index contributed by atoms with van der Waals surface area (Å²) in [6.45, 7) is 8.93. The van der Waals surface area contributed by atoms with Crippen LogP contribution in [0.2, 0.25) is 0 Å². The molecule has 86 valence electrons. The molecule has 0 bridgehead atoms. The summed E-state index contributed by atoms with van der Waals surface area (Å²) in [5.41, 5.74) is 4.71. The molecule has 16 heavy (non-hydrogen) atoms. The predicted molar refractivity (Wildman–Crippen MR) is 66.8 cm³/mol. The van der Waals surface area contributed by atoms with Crippen molar-refractivity contribution in [2.75, 3.05) is 0 Å². The Bertz CT molecular complexity index is 484. The van der Waals surface area contributed by atoms with E-state index < -0.39 is 0 Å². The lowest BCUT2D eigenvalue weighted by Crippen LogP contribution is -2.01. The van der Waals surface area contributed by atoms with Crippen molar-refractivity contribution in [3.8, 4) is 0 Å². The zero-order chi connectivity index (χ0) is 11.7. The quantitative estimate of drug-likeness (QED) is 0.758. The van der Waals surface area contributed by atoms with Gasteiger partial charge in [-0.25, -0.2) is 4.98 Å². The minimum absolute atomic E-state index is 0.532. The van der Waals surface area contributed by atoms with E-state index in [1.807, 2.05) is 6.07 Å². The largest absolute Gasteiger partial charge is 0.443 e. The molecule has 1 heterocycles. The van der Waals surface area contributed by atoms with Gasteiger partial charge in [-0.2, -0.15) is 0 Å². The molecule has 1 unspecified atom stereocenters. The standard InChI is InChI=1S/C14H19NO/c1-5-10(4)13-11(9(2)3)6-7-12-14(13)15-8-16-12/h6-10H,5H2,1-4H3. The van der Waals surface area contributed by atoms with Gasteiger partial charge in [0.2, 0.25) is 0 Å². The molecule has 0 aliphatic carbocycles. The lowest BCUT2D eigenvalue weighted by Gasteiger charge is -2.17. The molecular weight excluding hydrogens is 198 g/mol. The van der Waals surface area contributed by atoms with Crippen molar-refractivity contribution in [2.45, 2.75) is 46.0 Å². The molecule has 0 amide bonds. The second-order valence-electron chi connectivity index (χ2n) is 4.73. The van der Waals surface area contributed by atoms with Crippen LogP contribution in [0.25, 0.3) is 11.1 Å². The molecule has 1 aromatic heterocycles. The first-order valence-electron chi connectivity index (χ1n) is 6.01. The van der Waals surface area contributed by atoms with E-state index in [-0.39, 0.29) is 0 Å². The first-order valence-corrected chi connectivity index (χ1v) is 6.01. The van der Waals surface area contributed by atoms with E-state index in [9.17, 15) is 0 Å². The maximum Gasteiger partial charge on any atom is 0.181 e. The van der Waals surface area contributed by atoms with Crippen LogP contribution in [0.5, 0.6) is 0 Å². The molecule has 2 rings (SSSR count). The number of aromatic nitrogens is 1. The summed E-state index contributed by atoms with van der Waals surface area (Å²) in [4.78, 5) is 4.36. The Labute approximate surface area is 96.7 Å². The minimum Gasteiger partial charge on any atom is -0.443 e. The highest BCUT2D eigenvalue weighted by Gasteiger charge is 2.17. The van der Waals surface area contributed by atoms with Gasteiger partial charge in [0.05, 0.1) is 0 Å². The SMILES string of the molecule is CCC(C)c1c(C(C)C)ccc2ocnc12. The van der Waals surface area contributed by atoms with Crippen molar-refractivity contribution >= 4 is 11.1 Å². The topological polar surface area (TPSA) is 26.0 Å². The summed E-state index contributed by atoms with van der Waals surface area (Å²) in [6.07, 6.45) is 2.67. The normalized spacial score (nSPS) is 13.6. The van der Waals surface area contributed by atoms with E-state index in [4.69, 9.17) is 4.42 Å². The minimum atomic E-state index is 0.532. The summed E-state index contributed by atoms with van der Waals surface area (Å²) < 4.78 is 5.38. The monoisotopic (exact) mass is 217 g/mol. The molecule has 1 atom stereocenters. The lowest BCUT2D eigenvalue weighted by atomic mass is 9.87. The maximum absolute atomic E-state index is 5.38. The Morgan fingerprint density at radius 1 is 1.25 bits per heavy atom. The Hall–Kier alpha value is -1.31. The summed E-state index contributed by atoms with van der Waals surface area (Å²) in [5.74, 6) is 1.07. The molecule has 0 saturated heterocycles.